The number of nitrogens with zero attached hydrogens (tertiary/aromatic N) is 4. The Morgan fingerprint density at radius 1 is 1.14 bits per heavy atom. The number of aromatic nitrogens is 2. The second-order valence-electron chi connectivity index (χ2n) is 7.10. The van der Waals surface area contributed by atoms with Crippen molar-refractivity contribution >= 4 is 22.9 Å². The number of likely N-dealkylation sites (tertiary alicyclic amines) is 1. The van der Waals surface area contributed by atoms with Crippen molar-refractivity contribution in [2.45, 2.75) is 31.7 Å². The van der Waals surface area contributed by atoms with Crippen LogP contribution in [0.15, 0.2) is 60.4 Å². The smallest absolute Gasteiger partial charge is 0.244 e. The number of thiazole rings is 1. The molecule has 0 saturated carbocycles. The van der Waals surface area contributed by atoms with Crippen molar-refractivity contribution in [3.05, 3.63) is 70.9 Å². The lowest BCUT2D eigenvalue weighted by atomic mass is 10.1. The summed E-state index contributed by atoms with van der Waals surface area (Å²) in [7, 11) is 0. The molecule has 2 bridgehead atoms. The van der Waals surface area contributed by atoms with Gasteiger partial charge in [0.25, 0.3) is 0 Å². The normalized spacial score (nSPS) is 21.7. The molecule has 142 valence electrons. The minimum absolute atomic E-state index is 0.00982. The van der Waals surface area contributed by atoms with Gasteiger partial charge in [0.15, 0.2) is 0 Å². The average molecular weight is 392 g/mol. The van der Waals surface area contributed by atoms with E-state index < -0.39 is 0 Å². The van der Waals surface area contributed by atoms with Crippen molar-refractivity contribution in [1.82, 2.24) is 14.9 Å². The van der Waals surface area contributed by atoms with Crippen molar-refractivity contribution in [2.24, 2.45) is 0 Å². The van der Waals surface area contributed by atoms with Crippen molar-refractivity contribution in [3.8, 4) is 5.75 Å². The van der Waals surface area contributed by atoms with Crippen LogP contribution >= 0.6 is 11.3 Å². The molecule has 1 fully saturated rings. The van der Waals surface area contributed by atoms with Gasteiger partial charge < -0.3 is 9.64 Å². The van der Waals surface area contributed by atoms with Gasteiger partial charge >= 0.3 is 0 Å². The van der Waals surface area contributed by atoms with Crippen molar-refractivity contribution in [1.29, 1.82) is 0 Å². The predicted molar refractivity (Wildman–Crippen MR) is 107 cm³/mol. The van der Waals surface area contributed by atoms with E-state index in [1.807, 2.05) is 52.9 Å². The molecule has 2 atom stereocenters. The highest BCUT2D eigenvalue weighted by Gasteiger charge is 2.43. The molecule has 2 aromatic heterocycles. The third-order valence-electron chi connectivity index (χ3n) is 5.25. The number of benzene rings is 1. The standard InChI is InChI=1S/C21H20N4O2S/c26-21-18-10-16(13-24(18)14-20-23-8-9-28-20)27-19-6-2-1-5-17(19)25(21)12-15-4-3-7-22-11-15/h1-9,11,16,18H,10,12-14H2. The summed E-state index contributed by atoms with van der Waals surface area (Å²) in [6.45, 7) is 1.87. The highest BCUT2D eigenvalue weighted by Crippen LogP contribution is 2.37. The highest BCUT2D eigenvalue weighted by atomic mass is 32.1. The van der Waals surface area contributed by atoms with E-state index in [1.54, 1.807) is 23.7 Å². The highest BCUT2D eigenvalue weighted by molar-refractivity contribution is 7.09. The Morgan fingerprint density at radius 2 is 2.07 bits per heavy atom. The first-order chi connectivity index (χ1) is 13.8. The first-order valence-corrected chi connectivity index (χ1v) is 10.2. The number of carbonyl (C=O) groups excluding carboxylic acids is 1. The fourth-order valence-corrected chi connectivity index (χ4v) is 4.62. The second-order valence-corrected chi connectivity index (χ2v) is 8.08. The number of hydrogen-bond acceptors (Lipinski definition) is 6. The summed E-state index contributed by atoms with van der Waals surface area (Å²) in [6, 6.07) is 11.5. The van der Waals surface area contributed by atoms with Crippen LogP contribution in [-0.4, -0.2) is 39.5 Å². The molecule has 1 aromatic carbocycles. The molecule has 1 amide bonds. The van der Waals surface area contributed by atoms with Crippen LogP contribution in [0.4, 0.5) is 5.69 Å². The van der Waals surface area contributed by atoms with Crippen molar-refractivity contribution in [2.75, 3.05) is 11.4 Å². The molecule has 0 N–H and O–H groups in total. The Balaban J connectivity index is 1.50. The fourth-order valence-electron chi connectivity index (χ4n) is 3.98. The zero-order valence-corrected chi connectivity index (χ0v) is 16.1. The van der Waals surface area contributed by atoms with Crippen LogP contribution in [0.5, 0.6) is 5.75 Å². The number of carbonyl (C=O) groups is 1. The van der Waals surface area contributed by atoms with Gasteiger partial charge in [-0.2, -0.15) is 0 Å². The minimum Gasteiger partial charge on any atom is -0.487 e. The summed E-state index contributed by atoms with van der Waals surface area (Å²) in [4.78, 5) is 26.3. The van der Waals surface area contributed by atoms with E-state index in [1.165, 1.54) is 0 Å². The zero-order valence-electron chi connectivity index (χ0n) is 15.3. The van der Waals surface area contributed by atoms with Crippen LogP contribution in [0.25, 0.3) is 0 Å². The molecule has 0 radical (unpaired) electrons. The molecule has 0 spiro atoms. The summed E-state index contributed by atoms with van der Waals surface area (Å²) < 4.78 is 6.33. The quantitative estimate of drug-likeness (QED) is 0.683. The van der Waals surface area contributed by atoms with E-state index >= 15 is 0 Å². The van der Waals surface area contributed by atoms with Gasteiger partial charge in [0.05, 0.1) is 24.8 Å². The summed E-state index contributed by atoms with van der Waals surface area (Å²) in [5, 5.41) is 2.99. The summed E-state index contributed by atoms with van der Waals surface area (Å²) in [5.41, 5.74) is 1.81. The van der Waals surface area contributed by atoms with Gasteiger partial charge in [0.2, 0.25) is 5.91 Å². The van der Waals surface area contributed by atoms with Gasteiger partial charge in [-0.15, -0.1) is 11.3 Å². The number of pyridine rings is 1. The van der Waals surface area contributed by atoms with Gasteiger partial charge in [0, 0.05) is 36.9 Å². The Morgan fingerprint density at radius 3 is 2.89 bits per heavy atom. The molecular weight excluding hydrogens is 372 g/mol. The number of rotatable bonds is 4. The topological polar surface area (TPSA) is 58.6 Å². The van der Waals surface area contributed by atoms with E-state index in [-0.39, 0.29) is 18.1 Å². The Labute approximate surface area is 167 Å². The van der Waals surface area contributed by atoms with Gasteiger partial charge in [-0.1, -0.05) is 18.2 Å². The largest absolute Gasteiger partial charge is 0.487 e. The molecule has 5 rings (SSSR count). The molecule has 28 heavy (non-hydrogen) atoms. The van der Waals surface area contributed by atoms with E-state index in [0.29, 0.717) is 19.5 Å². The number of amides is 1. The number of para-hydroxylation sites is 2. The van der Waals surface area contributed by atoms with Crippen LogP contribution in [0.1, 0.15) is 17.0 Å². The summed E-state index contributed by atoms with van der Waals surface area (Å²) in [6.07, 6.45) is 6.06. The maximum Gasteiger partial charge on any atom is 0.244 e. The number of ether oxygens (including phenoxy) is 1. The monoisotopic (exact) mass is 392 g/mol. The third kappa shape index (κ3) is 3.27. The first-order valence-electron chi connectivity index (χ1n) is 9.36. The molecule has 2 aliphatic rings. The van der Waals surface area contributed by atoms with Gasteiger partial charge in [-0.3, -0.25) is 14.7 Å². The molecule has 2 aliphatic heterocycles. The number of fused-ring (bicyclic) bond motifs is 3. The van der Waals surface area contributed by atoms with Crippen LogP contribution in [0.3, 0.4) is 0 Å². The lowest BCUT2D eigenvalue weighted by Gasteiger charge is -2.31. The van der Waals surface area contributed by atoms with Crippen molar-refractivity contribution in [3.63, 3.8) is 0 Å². The van der Waals surface area contributed by atoms with E-state index in [0.717, 1.165) is 28.6 Å². The first kappa shape index (κ1) is 17.3. The Hall–Kier alpha value is -2.77. The van der Waals surface area contributed by atoms with Crippen LogP contribution in [0.2, 0.25) is 0 Å². The average Bonchev–Trinajstić information content (AvgIpc) is 3.37. The third-order valence-corrected chi connectivity index (χ3v) is 6.02. The lowest BCUT2D eigenvalue weighted by molar-refractivity contribution is -0.123. The number of hydrogen-bond donors (Lipinski definition) is 0. The minimum atomic E-state index is -0.209. The van der Waals surface area contributed by atoms with E-state index in [2.05, 4.69) is 14.9 Å². The van der Waals surface area contributed by atoms with Crippen LogP contribution in [-0.2, 0) is 17.9 Å². The fraction of sp³-hybridized carbons (Fsp3) is 0.286. The van der Waals surface area contributed by atoms with E-state index in [4.69, 9.17) is 4.74 Å². The predicted octanol–water partition coefficient (Wildman–Crippen LogP) is 3.11. The van der Waals surface area contributed by atoms with Crippen LogP contribution < -0.4 is 9.64 Å². The molecule has 6 nitrogen and oxygen atoms in total. The maximum atomic E-state index is 13.7. The summed E-state index contributed by atoms with van der Waals surface area (Å²) >= 11 is 1.62. The van der Waals surface area contributed by atoms with Crippen LogP contribution in [0, 0.1) is 0 Å². The SMILES string of the molecule is O=C1C2CC(CN2Cc2nccs2)Oc2ccccc2N1Cc1cccnc1. The zero-order chi connectivity index (χ0) is 18.9. The Kier molecular flexibility index (Phi) is 4.54. The maximum absolute atomic E-state index is 13.7. The van der Waals surface area contributed by atoms with Gasteiger partial charge in [-0.05, 0) is 23.8 Å². The van der Waals surface area contributed by atoms with E-state index in [9.17, 15) is 4.79 Å². The molecule has 1 saturated heterocycles. The lowest BCUT2D eigenvalue weighted by Crippen LogP contribution is -2.45. The molecule has 2 unspecified atom stereocenters. The molecular formula is C21H20N4O2S. The summed E-state index contributed by atoms with van der Waals surface area (Å²) in [5.74, 6) is 0.873. The molecule has 3 aromatic rings. The molecule has 7 heteroatoms. The van der Waals surface area contributed by atoms with Crippen molar-refractivity contribution < 1.29 is 9.53 Å². The number of anilines is 1. The van der Waals surface area contributed by atoms with Gasteiger partial charge in [0.1, 0.15) is 16.9 Å². The van der Waals surface area contributed by atoms with Gasteiger partial charge in [-0.25, -0.2) is 4.98 Å². The Bertz CT molecular complexity index is 964. The molecule has 4 heterocycles. The second kappa shape index (κ2) is 7.33. The molecule has 0 aliphatic carbocycles.